The first-order chi connectivity index (χ1) is 5.27. The van der Waals surface area contributed by atoms with Crippen molar-refractivity contribution in [2.75, 3.05) is 0 Å². The van der Waals surface area contributed by atoms with E-state index in [0.717, 1.165) is 12.0 Å². The highest BCUT2D eigenvalue weighted by molar-refractivity contribution is 6.45. The minimum absolute atomic E-state index is 0.226. The molecule has 1 rings (SSSR count). The first kappa shape index (κ1) is 8.27. The van der Waals surface area contributed by atoms with Crippen LogP contribution in [0.15, 0.2) is 18.2 Å². The van der Waals surface area contributed by atoms with Crippen molar-refractivity contribution in [1.82, 2.24) is 0 Å². The maximum absolute atomic E-state index is 12.9. The summed E-state index contributed by atoms with van der Waals surface area (Å²) in [7, 11) is -0.226. The van der Waals surface area contributed by atoms with Crippen LogP contribution >= 0.6 is 0 Å². The van der Waals surface area contributed by atoms with Crippen LogP contribution in [0.2, 0.25) is 0 Å². The number of halogens is 1. The summed E-state index contributed by atoms with van der Waals surface area (Å²) in [5.74, 6) is -0.313. The lowest BCUT2D eigenvalue weighted by Crippen LogP contribution is -2.17. The lowest BCUT2D eigenvalue weighted by molar-refractivity contribution is 0.601. The van der Waals surface area contributed by atoms with Crippen LogP contribution in [-0.4, -0.2) is 12.5 Å². The van der Waals surface area contributed by atoms with Gasteiger partial charge in [-0.05, 0) is 23.5 Å². The fourth-order valence-electron chi connectivity index (χ4n) is 0.939. The highest BCUT2D eigenvalue weighted by atomic mass is 19.1. The molecule has 11 heavy (non-hydrogen) atoms. The number of aryl methyl sites for hydroxylation is 1. The predicted octanol–water partition coefficient (Wildman–Crippen LogP) is 0.357. The highest BCUT2D eigenvalue weighted by Crippen LogP contribution is 2.01. The molecule has 0 aliphatic rings. The van der Waals surface area contributed by atoms with Gasteiger partial charge in [0.1, 0.15) is 5.82 Å². The van der Waals surface area contributed by atoms with Gasteiger partial charge in [0.15, 0.2) is 0 Å². The van der Waals surface area contributed by atoms with Gasteiger partial charge in [0, 0.05) is 0 Å². The molecule has 0 unspecified atom stereocenters. The quantitative estimate of drug-likeness (QED) is 0.606. The van der Waals surface area contributed by atoms with Gasteiger partial charge in [-0.25, -0.2) is 4.39 Å². The molecular formula is C8H10BFO. The van der Waals surface area contributed by atoms with Gasteiger partial charge in [-0.3, -0.25) is 0 Å². The van der Waals surface area contributed by atoms with E-state index >= 15 is 0 Å². The maximum atomic E-state index is 12.9. The van der Waals surface area contributed by atoms with Crippen molar-refractivity contribution < 1.29 is 9.41 Å². The molecule has 0 fully saturated rings. The first-order valence-electron chi connectivity index (χ1n) is 3.66. The Balaban J connectivity index is 2.99. The van der Waals surface area contributed by atoms with Crippen molar-refractivity contribution in [2.24, 2.45) is 0 Å². The van der Waals surface area contributed by atoms with Crippen LogP contribution in [0.1, 0.15) is 12.5 Å². The van der Waals surface area contributed by atoms with Crippen LogP contribution in [0.4, 0.5) is 4.39 Å². The summed E-state index contributed by atoms with van der Waals surface area (Å²) in [6.45, 7) is 1.97. The van der Waals surface area contributed by atoms with Gasteiger partial charge >= 0.3 is 7.48 Å². The second kappa shape index (κ2) is 3.53. The molecule has 1 aromatic carbocycles. The molecule has 0 saturated heterocycles. The Bertz CT molecular complexity index is 250. The Morgan fingerprint density at radius 2 is 2.27 bits per heavy atom. The van der Waals surface area contributed by atoms with Crippen LogP contribution in [0.5, 0.6) is 0 Å². The summed E-state index contributed by atoms with van der Waals surface area (Å²) >= 11 is 0. The largest absolute Gasteiger partial charge is 0.449 e. The van der Waals surface area contributed by atoms with E-state index in [1.807, 2.05) is 13.0 Å². The van der Waals surface area contributed by atoms with Crippen molar-refractivity contribution >= 4 is 12.9 Å². The van der Waals surface area contributed by atoms with Gasteiger partial charge in [-0.2, -0.15) is 0 Å². The van der Waals surface area contributed by atoms with Crippen LogP contribution in [0.25, 0.3) is 0 Å². The number of hydrogen-bond acceptors (Lipinski definition) is 1. The van der Waals surface area contributed by atoms with Crippen LogP contribution < -0.4 is 5.46 Å². The van der Waals surface area contributed by atoms with Gasteiger partial charge in [-0.1, -0.05) is 19.1 Å². The monoisotopic (exact) mass is 152 g/mol. The van der Waals surface area contributed by atoms with E-state index in [1.54, 1.807) is 6.07 Å². The summed E-state index contributed by atoms with van der Waals surface area (Å²) in [6, 6.07) is 4.91. The van der Waals surface area contributed by atoms with Gasteiger partial charge in [-0.15, -0.1) is 0 Å². The molecule has 1 nitrogen and oxygen atoms in total. The molecule has 0 spiro atoms. The van der Waals surface area contributed by atoms with E-state index in [4.69, 9.17) is 5.02 Å². The molecule has 3 heteroatoms. The second-order valence-electron chi connectivity index (χ2n) is 2.44. The van der Waals surface area contributed by atoms with Crippen molar-refractivity contribution in [3.8, 4) is 0 Å². The zero-order valence-corrected chi connectivity index (χ0v) is 6.47. The van der Waals surface area contributed by atoms with Crippen molar-refractivity contribution in [3.05, 3.63) is 29.6 Å². The summed E-state index contributed by atoms with van der Waals surface area (Å²) in [4.78, 5) is 0. The van der Waals surface area contributed by atoms with E-state index in [1.165, 1.54) is 6.07 Å². The number of hydrogen-bond donors (Lipinski definition) is 1. The second-order valence-corrected chi connectivity index (χ2v) is 2.44. The average molecular weight is 152 g/mol. The molecule has 0 aliphatic heterocycles. The van der Waals surface area contributed by atoms with Gasteiger partial charge in [0.25, 0.3) is 0 Å². The molecule has 1 aromatic rings. The Morgan fingerprint density at radius 3 is 2.73 bits per heavy atom. The minimum Gasteiger partial charge on any atom is -0.449 e. The zero-order valence-electron chi connectivity index (χ0n) is 6.47. The topological polar surface area (TPSA) is 20.2 Å². The molecule has 0 aliphatic carbocycles. The summed E-state index contributed by atoms with van der Waals surface area (Å²) < 4.78 is 12.9. The summed E-state index contributed by atoms with van der Waals surface area (Å²) in [5.41, 5.74) is 1.32. The molecule has 0 radical (unpaired) electrons. The third kappa shape index (κ3) is 1.81. The third-order valence-corrected chi connectivity index (χ3v) is 1.70. The smallest absolute Gasteiger partial charge is 0.307 e. The molecule has 0 heterocycles. The molecule has 0 bridgehead atoms. The summed E-state index contributed by atoms with van der Waals surface area (Å²) in [6.07, 6.45) is 0.822. The van der Waals surface area contributed by atoms with Crippen LogP contribution in [-0.2, 0) is 6.42 Å². The third-order valence-electron chi connectivity index (χ3n) is 1.70. The van der Waals surface area contributed by atoms with Crippen LogP contribution in [0, 0.1) is 5.82 Å². The van der Waals surface area contributed by atoms with Crippen LogP contribution in [0.3, 0.4) is 0 Å². The van der Waals surface area contributed by atoms with Gasteiger partial charge in [0.2, 0.25) is 0 Å². The fourth-order valence-corrected chi connectivity index (χ4v) is 0.939. The van der Waals surface area contributed by atoms with E-state index in [9.17, 15) is 4.39 Å². The Morgan fingerprint density at radius 1 is 1.55 bits per heavy atom. The lowest BCUT2D eigenvalue weighted by Gasteiger charge is -1.99. The zero-order chi connectivity index (χ0) is 8.27. The molecule has 0 atom stereocenters. The Hall–Kier alpha value is -0.825. The molecular weight excluding hydrogens is 142 g/mol. The van der Waals surface area contributed by atoms with E-state index in [-0.39, 0.29) is 13.3 Å². The van der Waals surface area contributed by atoms with Crippen molar-refractivity contribution in [1.29, 1.82) is 0 Å². The fraction of sp³-hybridized carbons (Fsp3) is 0.250. The SMILES string of the molecule is CCc1ccc(BO)c(F)c1. The number of benzene rings is 1. The standard InChI is InChI=1S/C8H10BFO/c1-2-6-3-4-7(9-11)8(10)5-6/h3-5,9,11H,2H2,1H3. The lowest BCUT2D eigenvalue weighted by atomic mass is 9.87. The maximum Gasteiger partial charge on any atom is 0.307 e. The molecule has 58 valence electrons. The van der Waals surface area contributed by atoms with Gasteiger partial charge in [0.05, 0.1) is 0 Å². The van der Waals surface area contributed by atoms with E-state index in [2.05, 4.69) is 0 Å². The molecule has 0 amide bonds. The van der Waals surface area contributed by atoms with Crippen molar-refractivity contribution in [2.45, 2.75) is 13.3 Å². The molecule has 1 N–H and O–H groups in total. The predicted molar refractivity (Wildman–Crippen MR) is 44.8 cm³/mol. The summed E-state index contributed by atoms with van der Waals surface area (Å²) in [5, 5.41) is 8.64. The average Bonchev–Trinajstić information content (AvgIpc) is 2.04. The number of rotatable bonds is 2. The van der Waals surface area contributed by atoms with Crippen molar-refractivity contribution in [3.63, 3.8) is 0 Å². The normalized spacial score (nSPS) is 9.73. The first-order valence-corrected chi connectivity index (χ1v) is 3.66. The molecule has 0 aromatic heterocycles. The minimum atomic E-state index is -0.313. The molecule has 0 saturated carbocycles. The van der Waals surface area contributed by atoms with Gasteiger partial charge < -0.3 is 5.02 Å². The Labute approximate surface area is 66.1 Å². The van der Waals surface area contributed by atoms with E-state index in [0.29, 0.717) is 5.46 Å². The highest BCUT2D eigenvalue weighted by Gasteiger charge is 2.01. The van der Waals surface area contributed by atoms with E-state index < -0.39 is 0 Å². The Kier molecular flexibility index (Phi) is 2.66.